The van der Waals surface area contributed by atoms with Gasteiger partial charge in [-0.3, -0.25) is 14.9 Å². The number of amides is 1. The quantitative estimate of drug-likeness (QED) is 0.442. The van der Waals surface area contributed by atoms with E-state index in [1.165, 1.54) is 31.2 Å². The maximum Gasteiger partial charge on any atom is 0.281 e. The number of rotatable bonds is 5. The number of fused-ring (bicyclic) bond motifs is 1. The zero-order valence-corrected chi connectivity index (χ0v) is 16.1. The van der Waals surface area contributed by atoms with Gasteiger partial charge >= 0.3 is 0 Å². The summed E-state index contributed by atoms with van der Waals surface area (Å²) in [7, 11) is 0. The average Bonchev–Trinajstić information content (AvgIpc) is 3.02. The molecule has 7 nitrogen and oxygen atoms in total. The number of hydrogen-bond donors (Lipinski definition) is 1. The molecule has 1 aromatic carbocycles. The molecule has 2 saturated carbocycles. The van der Waals surface area contributed by atoms with Crippen LogP contribution in [0.5, 0.6) is 0 Å². The van der Waals surface area contributed by atoms with Gasteiger partial charge in [0.2, 0.25) is 5.91 Å². The summed E-state index contributed by atoms with van der Waals surface area (Å²) in [5, 5.41) is 15.5. The summed E-state index contributed by atoms with van der Waals surface area (Å²) in [5.41, 5.74) is 2.92. The Kier molecular flexibility index (Phi) is 4.71. The van der Waals surface area contributed by atoms with E-state index in [4.69, 9.17) is 16.0 Å². The van der Waals surface area contributed by atoms with Crippen molar-refractivity contribution in [3.8, 4) is 11.3 Å². The molecule has 3 atom stereocenters. The molecule has 1 aromatic heterocycles. The van der Waals surface area contributed by atoms with E-state index < -0.39 is 4.92 Å². The summed E-state index contributed by atoms with van der Waals surface area (Å²) in [6, 6.07) is 7.65. The lowest BCUT2D eigenvalue weighted by molar-refractivity contribution is -0.384. The van der Waals surface area contributed by atoms with Gasteiger partial charge in [0, 0.05) is 17.0 Å². The molecule has 0 spiro atoms. The fourth-order valence-corrected chi connectivity index (χ4v) is 4.68. The molecule has 8 heteroatoms. The van der Waals surface area contributed by atoms with Gasteiger partial charge in [0.25, 0.3) is 5.69 Å². The van der Waals surface area contributed by atoms with E-state index in [1.54, 1.807) is 18.2 Å². The summed E-state index contributed by atoms with van der Waals surface area (Å²) in [5.74, 6) is 1.18. The normalized spacial score (nSPS) is 26.1. The molecule has 0 saturated heterocycles. The SMILES string of the molecule is CC12CCCCC1C2C(=O)N/N=C/c1ccc(-c2ccc(Cl)cc2[N+](=O)[O-])o1. The number of hydrogen-bond acceptors (Lipinski definition) is 5. The van der Waals surface area contributed by atoms with Crippen molar-refractivity contribution in [2.75, 3.05) is 0 Å². The number of furan rings is 1. The van der Waals surface area contributed by atoms with Gasteiger partial charge in [-0.2, -0.15) is 5.10 Å². The number of nitrogens with zero attached hydrogens (tertiary/aromatic N) is 2. The van der Waals surface area contributed by atoms with E-state index in [1.807, 2.05) is 0 Å². The van der Waals surface area contributed by atoms with Crippen LogP contribution in [-0.4, -0.2) is 17.0 Å². The molecule has 2 aliphatic carbocycles. The van der Waals surface area contributed by atoms with Crippen LogP contribution in [0.25, 0.3) is 11.3 Å². The molecular weight excluding hydrogens is 382 g/mol. The molecule has 4 rings (SSSR count). The van der Waals surface area contributed by atoms with Gasteiger partial charge in [-0.15, -0.1) is 0 Å². The fraction of sp³-hybridized carbons (Fsp3) is 0.400. The van der Waals surface area contributed by atoms with E-state index in [-0.39, 0.29) is 28.0 Å². The lowest BCUT2D eigenvalue weighted by Crippen LogP contribution is -2.22. The third-order valence-electron chi connectivity index (χ3n) is 6.03. The van der Waals surface area contributed by atoms with E-state index in [0.29, 0.717) is 23.0 Å². The molecular formula is C20H20ClN3O4. The van der Waals surface area contributed by atoms with Crippen molar-refractivity contribution >= 4 is 29.4 Å². The van der Waals surface area contributed by atoms with Gasteiger partial charge in [-0.25, -0.2) is 5.43 Å². The van der Waals surface area contributed by atoms with Crippen molar-refractivity contribution in [2.24, 2.45) is 22.4 Å². The van der Waals surface area contributed by atoms with Gasteiger partial charge in [0.05, 0.1) is 16.7 Å². The Bertz CT molecular complexity index is 970. The standard InChI is InChI=1S/C20H20ClN3O4/c1-20-9-3-2-4-15(20)18(20)19(25)23-22-11-13-6-8-17(28-13)14-7-5-12(21)10-16(14)24(26)27/h5-8,10-11,15,18H,2-4,9H2,1H3,(H,23,25)/b22-11+. The maximum absolute atomic E-state index is 12.4. The minimum absolute atomic E-state index is 0.0380. The van der Waals surface area contributed by atoms with E-state index in [0.717, 1.165) is 12.8 Å². The predicted molar refractivity (Wildman–Crippen MR) is 105 cm³/mol. The number of nitro benzene ring substituents is 1. The molecule has 1 heterocycles. The van der Waals surface area contributed by atoms with E-state index in [9.17, 15) is 14.9 Å². The molecule has 0 bridgehead atoms. The van der Waals surface area contributed by atoms with E-state index in [2.05, 4.69) is 17.5 Å². The van der Waals surface area contributed by atoms with Crippen LogP contribution in [0.2, 0.25) is 5.02 Å². The molecule has 0 radical (unpaired) electrons. The highest BCUT2D eigenvalue weighted by atomic mass is 35.5. The molecule has 2 aliphatic rings. The Hall–Kier alpha value is -2.67. The largest absolute Gasteiger partial charge is 0.455 e. The number of nitro groups is 1. The Balaban J connectivity index is 1.43. The Morgan fingerprint density at radius 1 is 1.39 bits per heavy atom. The molecule has 146 valence electrons. The lowest BCUT2D eigenvalue weighted by Gasteiger charge is -2.15. The zero-order chi connectivity index (χ0) is 19.9. The molecule has 1 N–H and O–H groups in total. The minimum Gasteiger partial charge on any atom is -0.455 e. The van der Waals surface area contributed by atoms with Gasteiger partial charge < -0.3 is 4.42 Å². The molecule has 2 fully saturated rings. The van der Waals surface area contributed by atoms with E-state index >= 15 is 0 Å². The van der Waals surface area contributed by atoms with Crippen LogP contribution >= 0.6 is 11.6 Å². The molecule has 28 heavy (non-hydrogen) atoms. The summed E-state index contributed by atoms with van der Waals surface area (Å²) >= 11 is 5.84. The number of halogens is 1. The topological polar surface area (TPSA) is 97.7 Å². The van der Waals surface area contributed by atoms with Crippen molar-refractivity contribution in [1.82, 2.24) is 5.43 Å². The maximum atomic E-state index is 12.4. The highest BCUT2D eigenvalue weighted by Gasteiger charge is 2.64. The summed E-state index contributed by atoms with van der Waals surface area (Å²) < 4.78 is 5.62. The number of nitrogens with one attached hydrogen (secondary N) is 1. The fourth-order valence-electron chi connectivity index (χ4n) is 4.51. The second kappa shape index (κ2) is 7.05. The van der Waals surface area contributed by atoms with Crippen LogP contribution in [-0.2, 0) is 4.79 Å². The van der Waals surface area contributed by atoms with Crippen molar-refractivity contribution in [3.63, 3.8) is 0 Å². The van der Waals surface area contributed by atoms with Crippen LogP contribution in [0.4, 0.5) is 5.69 Å². The highest BCUT2D eigenvalue weighted by Crippen LogP contribution is 2.66. The van der Waals surface area contributed by atoms with Crippen molar-refractivity contribution in [3.05, 3.63) is 51.2 Å². The smallest absolute Gasteiger partial charge is 0.281 e. The molecule has 3 unspecified atom stereocenters. The number of carbonyl (C=O) groups is 1. The first kappa shape index (κ1) is 18.7. The summed E-state index contributed by atoms with van der Waals surface area (Å²) in [6.45, 7) is 2.18. The summed E-state index contributed by atoms with van der Waals surface area (Å²) in [4.78, 5) is 23.1. The molecule has 2 aromatic rings. The highest BCUT2D eigenvalue weighted by molar-refractivity contribution is 6.30. The second-order valence-corrected chi connectivity index (χ2v) is 8.13. The second-order valence-electron chi connectivity index (χ2n) is 7.69. The Morgan fingerprint density at radius 3 is 2.93 bits per heavy atom. The number of hydrazone groups is 1. The van der Waals surface area contributed by atoms with Gasteiger partial charge in [-0.05, 0) is 48.4 Å². The average molecular weight is 402 g/mol. The van der Waals surface area contributed by atoms with Crippen molar-refractivity contribution in [2.45, 2.75) is 32.6 Å². The van der Waals surface area contributed by atoms with Crippen molar-refractivity contribution in [1.29, 1.82) is 0 Å². The van der Waals surface area contributed by atoms with Gasteiger partial charge in [0.1, 0.15) is 11.5 Å². The van der Waals surface area contributed by atoms with Crippen LogP contribution in [0, 0.1) is 27.4 Å². The lowest BCUT2D eigenvalue weighted by atomic mass is 9.90. The first-order valence-electron chi connectivity index (χ1n) is 9.27. The first-order valence-corrected chi connectivity index (χ1v) is 9.65. The van der Waals surface area contributed by atoms with Crippen LogP contribution in [0.3, 0.4) is 0 Å². The van der Waals surface area contributed by atoms with Crippen LogP contribution in [0.15, 0.2) is 39.9 Å². The summed E-state index contributed by atoms with van der Waals surface area (Å²) in [6.07, 6.45) is 5.99. The zero-order valence-electron chi connectivity index (χ0n) is 15.4. The number of carbonyl (C=O) groups excluding carboxylic acids is 1. The Labute approximate surface area is 166 Å². The molecule has 1 amide bonds. The predicted octanol–water partition coefficient (Wildman–Crippen LogP) is 4.78. The monoisotopic (exact) mass is 401 g/mol. The van der Waals surface area contributed by atoms with Crippen LogP contribution in [0.1, 0.15) is 38.4 Å². The first-order chi connectivity index (χ1) is 13.4. The molecule has 0 aliphatic heterocycles. The van der Waals surface area contributed by atoms with Gasteiger partial charge in [-0.1, -0.05) is 31.4 Å². The minimum atomic E-state index is -0.507. The third-order valence-corrected chi connectivity index (χ3v) is 6.26. The Morgan fingerprint density at radius 2 is 2.21 bits per heavy atom. The van der Waals surface area contributed by atoms with Crippen molar-refractivity contribution < 1.29 is 14.1 Å². The van der Waals surface area contributed by atoms with Gasteiger partial charge in [0.15, 0.2) is 0 Å². The van der Waals surface area contributed by atoms with Crippen LogP contribution < -0.4 is 5.43 Å². The number of benzene rings is 1. The third kappa shape index (κ3) is 3.30.